The Morgan fingerprint density at radius 2 is 1.62 bits per heavy atom. The summed E-state index contributed by atoms with van der Waals surface area (Å²) in [7, 11) is -1.34. The highest BCUT2D eigenvalue weighted by Gasteiger charge is 2.29. The highest BCUT2D eigenvalue weighted by molar-refractivity contribution is 7.83. The summed E-state index contributed by atoms with van der Waals surface area (Å²) in [4.78, 5) is 13.2. The zero-order valence-corrected chi connectivity index (χ0v) is 15.5. The first-order chi connectivity index (χ1) is 11.3. The van der Waals surface area contributed by atoms with E-state index in [0.29, 0.717) is 12.0 Å². The molecule has 24 heavy (non-hydrogen) atoms. The third-order valence-corrected chi connectivity index (χ3v) is 5.21. The van der Waals surface area contributed by atoms with E-state index in [0.717, 1.165) is 10.5 Å². The quantitative estimate of drug-likeness (QED) is 0.795. The Hall–Kier alpha value is -1.78. The average molecular weight is 343 g/mol. The molecule has 0 aromatic heterocycles. The van der Waals surface area contributed by atoms with Gasteiger partial charge >= 0.3 is 0 Å². The maximum absolute atomic E-state index is 12.6. The van der Waals surface area contributed by atoms with E-state index in [-0.39, 0.29) is 17.2 Å². The largest absolute Gasteiger partial charge is 0.294 e. The van der Waals surface area contributed by atoms with Crippen LogP contribution >= 0.6 is 0 Å². The zero-order valence-electron chi connectivity index (χ0n) is 14.7. The van der Waals surface area contributed by atoms with Crippen LogP contribution in [-0.4, -0.2) is 16.0 Å². The van der Waals surface area contributed by atoms with Crippen molar-refractivity contribution in [2.24, 2.45) is 5.41 Å². The molecule has 0 heterocycles. The second-order valence-corrected chi connectivity index (χ2v) is 8.36. The zero-order chi connectivity index (χ0) is 17.7. The fourth-order valence-corrected chi connectivity index (χ4v) is 3.53. The number of Topliss-reactive ketones (excluding diaryl/α,β-unsaturated/α-hetero) is 1. The maximum Gasteiger partial charge on any atom is 0.164 e. The first kappa shape index (κ1) is 18.6. The minimum absolute atomic E-state index is 0.0592. The van der Waals surface area contributed by atoms with Gasteiger partial charge in [-0.1, -0.05) is 68.8 Å². The van der Waals surface area contributed by atoms with Crippen molar-refractivity contribution in [3.8, 4) is 0 Å². The van der Waals surface area contributed by atoms with Crippen LogP contribution in [-0.2, 0) is 11.0 Å². The van der Waals surface area contributed by atoms with E-state index in [1.54, 1.807) is 0 Å². The van der Waals surface area contributed by atoms with Crippen LogP contribution in [0.1, 0.15) is 43.1 Å². The molecule has 2 rings (SSSR count). The molecule has 0 spiro atoms. The monoisotopic (exact) mass is 343 g/mol. The normalized spacial score (nSPS) is 14.2. The minimum atomic E-state index is -1.34. The molecule has 0 aliphatic heterocycles. The van der Waals surface area contributed by atoms with Crippen LogP contribution < -0.4 is 4.72 Å². The molecule has 0 amide bonds. The molecule has 0 bridgehead atoms. The lowest BCUT2D eigenvalue weighted by Crippen LogP contribution is -2.42. The van der Waals surface area contributed by atoms with Gasteiger partial charge in [0.2, 0.25) is 0 Å². The van der Waals surface area contributed by atoms with E-state index in [4.69, 9.17) is 0 Å². The van der Waals surface area contributed by atoms with Crippen molar-refractivity contribution in [3.63, 3.8) is 0 Å². The predicted molar refractivity (Wildman–Crippen MR) is 99.4 cm³/mol. The van der Waals surface area contributed by atoms with E-state index in [1.165, 1.54) is 0 Å². The van der Waals surface area contributed by atoms with Gasteiger partial charge in [-0.05, 0) is 24.5 Å². The summed E-state index contributed by atoms with van der Waals surface area (Å²) in [5.41, 5.74) is 1.63. The first-order valence-electron chi connectivity index (χ1n) is 8.10. The lowest BCUT2D eigenvalue weighted by Gasteiger charge is -2.30. The van der Waals surface area contributed by atoms with Gasteiger partial charge < -0.3 is 0 Å². The van der Waals surface area contributed by atoms with E-state index in [9.17, 15) is 9.00 Å². The number of hydrogen-bond acceptors (Lipinski definition) is 2. The lowest BCUT2D eigenvalue weighted by molar-refractivity contribution is 0.0948. The van der Waals surface area contributed by atoms with Crippen LogP contribution in [0.4, 0.5) is 0 Å². The van der Waals surface area contributed by atoms with Gasteiger partial charge in [-0.2, -0.15) is 0 Å². The van der Waals surface area contributed by atoms with Gasteiger partial charge in [0.1, 0.15) is 11.0 Å². The van der Waals surface area contributed by atoms with Gasteiger partial charge in [0.25, 0.3) is 0 Å². The van der Waals surface area contributed by atoms with Gasteiger partial charge in [0, 0.05) is 18.0 Å². The number of benzene rings is 2. The molecule has 0 saturated carbocycles. The molecule has 0 unspecified atom stereocenters. The average Bonchev–Trinajstić information content (AvgIpc) is 2.54. The van der Waals surface area contributed by atoms with Crippen LogP contribution in [0, 0.1) is 12.3 Å². The van der Waals surface area contributed by atoms with Crippen molar-refractivity contribution in [2.75, 3.05) is 0 Å². The Morgan fingerprint density at radius 1 is 1.04 bits per heavy atom. The first-order valence-corrected chi connectivity index (χ1v) is 9.25. The molecule has 2 atom stereocenters. The number of aryl methyl sites for hydroxylation is 1. The molecule has 0 aliphatic carbocycles. The van der Waals surface area contributed by atoms with E-state index >= 15 is 0 Å². The van der Waals surface area contributed by atoms with E-state index in [2.05, 4.69) is 25.5 Å². The molecule has 1 N–H and O–H groups in total. The summed E-state index contributed by atoms with van der Waals surface area (Å²) >= 11 is 0. The summed E-state index contributed by atoms with van der Waals surface area (Å²) in [5.74, 6) is 0.0592. The summed E-state index contributed by atoms with van der Waals surface area (Å²) < 4.78 is 15.8. The highest BCUT2D eigenvalue weighted by Crippen LogP contribution is 2.24. The van der Waals surface area contributed by atoms with Crippen molar-refractivity contribution in [3.05, 3.63) is 65.7 Å². The maximum atomic E-state index is 12.6. The molecule has 128 valence electrons. The van der Waals surface area contributed by atoms with Crippen LogP contribution in [0.25, 0.3) is 0 Å². The van der Waals surface area contributed by atoms with Gasteiger partial charge in [0.15, 0.2) is 5.78 Å². The van der Waals surface area contributed by atoms with Crippen molar-refractivity contribution in [1.82, 2.24) is 4.72 Å². The summed E-state index contributed by atoms with van der Waals surface area (Å²) in [5, 5.41) is 0. The SMILES string of the molecule is Cc1ccc([S@](=O)N[C@H](CC(=O)c2ccccc2)C(C)(C)C)cc1. The van der Waals surface area contributed by atoms with Gasteiger partial charge in [-0.15, -0.1) is 0 Å². The van der Waals surface area contributed by atoms with Gasteiger partial charge in [0.05, 0.1) is 4.90 Å². The molecular formula is C20H25NO2S. The Bertz CT molecular complexity index is 703. The number of ketones is 1. The summed E-state index contributed by atoms with van der Waals surface area (Å²) in [6, 6.07) is 16.7. The second kappa shape index (κ2) is 7.86. The van der Waals surface area contributed by atoms with Crippen molar-refractivity contribution < 1.29 is 9.00 Å². The molecule has 0 radical (unpaired) electrons. The molecule has 0 aliphatic rings. The molecule has 2 aromatic carbocycles. The second-order valence-electron chi connectivity index (χ2n) is 7.11. The van der Waals surface area contributed by atoms with Gasteiger partial charge in [-0.25, -0.2) is 8.93 Å². The Morgan fingerprint density at radius 3 is 2.17 bits per heavy atom. The molecule has 3 nitrogen and oxygen atoms in total. The third-order valence-electron chi connectivity index (χ3n) is 4.02. The topological polar surface area (TPSA) is 46.2 Å². The standard InChI is InChI=1S/C20H25NO2S/c1-15-10-12-17(13-11-15)24(23)21-19(20(2,3)4)14-18(22)16-8-6-5-7-9-16/h5-13,19,21H,14H2,1-4H3/t19-,24+/m1/s1. The van der Waals surface area contributed by atoms with Crippen LogP contribution in [0.3, 0.4) is 0 Å². The van der Waals surface area contributed by atoms with Gasteiger partial charge in [-0.3, -0.25) is 4.79 Å². The number of hydrogen-bond donors (Lipinski definition) is 1. The number of carbonyl (C=O) groups is 1. The Balaban J connectivity index is 2.13. The van der Waals surface area contributed by atoms with E-state index in [1.807, 2.05) is 61.5 Å². The number of rotatable bonds is 6. The third kappa shape index (κ3) is 5.11. The summed E-state index contributed by atoms with van der Waals surface area (Å²) in [6.07, 6.45) is 0.311. The van der Waals surface area contributed by atoms with Crippen LogP contribution in [0.5, 0.6) is 0 Å². The van der Waals surface area contributed by atoms with Crippen molar-refractivity contribution in [2.45, 2.75) is 45.1 Å². The molecule has 2 aromatic rings. The number of nitrogens with one attached hydrogen (secondary N) is 1. The number of carbonyl (C=O) groups excluding carboxylic acids is 1. The summed E-state index contributed by atoms with van der Waals surface area (Å²) in [6.45, 7) is 8.15. The fourth-order valence-electron chi connectivity index (χ4n) is 2.31. The molecular weight excluding hydrogens is 318 g/mol. The highest BCUT2D eigenvalue weighted by atomic mass is 32.2. The van der Waals surface area contributed by atoms with Crippen molar-refractivity contribution >= 4 is 16.8 Å². The molecule has 0 saturated heterocycles. The molecule has 4 heteroatoms. The fraction of sp³-hybridized carbons (Fsp3) is 0.350. The van der Waals surface area contributed by atoms with Crippen LogP contribution in [0.2, 0.25) is 0 Å². The predicted octanol–water partition coefficient (Wildman–Crippen LogP) is 4.29. The minimum Gasteiger partial charge on any atom is -0.294 e. The van der Waals surface area contributed by atoms with E-state index < -0.39 is 11.0 Å². The molecule has 0 fully saturated rings. The van der Waals surface area contributed by atoms with Crippen LogP contribution in [0.15, 0.2) is 59.5 Å². The van der Waals surface area contributed by atoms with Crippen molar-refractivity contribution in [1.29, 1.82) is 0 Å². The Kier molecular flexibility index (Phi) is 6.08. The smallest absolute Gasteiger partial charge is 0.164 e. The lowest BCUT2D eigenvalue weighted by atomic mass is 9.83. The Labute approximate surface area is 147 Å².